The predicted molar refractivity (Wildman–Crippen MR) is 67.7 cm³/mol. The molecule has 17 heavy (non-hydrogen) atoms. The smallest absolute Gasteiger partial charge is 0.225 e. The lowest BCUT2D eigenvalue weighted by atomic mass is 10.1. The summed E-state index contributed by atoms with van der Waals surface area (Å²) < 4.78 is 0. The average Bonchev–Trinajstić information content (AvgIpc) is 2.86. The van der Waals surface area contributed by atoms with Gasteiger partial charge in [0.2, 0.25) is 5.91 Å². The van der Waals surface area contributed by atoms with Gasteiger partial charge in [-0.3, -0.25) is 4.79 Å². The van der Waals surface area contributed by atoms with Crippen molar-refractivity contribution in [3.63, 3.8) is 0 Å². The molecule has 2 saturated carbocycles. The SMILES string of the molecule is O=C(C1CCCC1)N(CC1CCCN1)C1CC1. The molecule has 3 fully saturated rings. The molecular formula is C14H24N2O. The van der Waals surface area contributed by atoms with E-state index < -0.39 is 0 Å². The number of carbonyl (C=O) groups excluding carboxylic acids is 1. The van der Waals surface area contributed by atoms with Crippen LogP contribution in [0, 0.1) is 5.92 Å². The molecule has 2 aliphatic carbocycles. The quantitative estimate of drug-likeness (QED) is 0.809. The molecule has 3 rings (SSSR count). The Bertz CT molecular complexity index is 276. The van der Waals surface area contributed by atoms with Gasteiger partial charge in [-0.1, -0.05) is 12.8 Å². The van der Waals surface area contributed by atoms with Crippen LogP contribution in [-0.2, 0) is 4.79 Å². The van der Waals surface area contributed by atoms with E-state index in [1.165, 1.54) is 38.5 Å². The van der Waals surface area contributed by atoms with Crippen LogP contribution in [0.3, 0.4) is 0 Å². The van der Waals surface area contributed by atoms with E-state index in [9.17, 15) is 4.79 Å². The van der Waals surface area contributed by atoms with Crippen LogP contribution >= 0.6 is 0 Å². The summed E-state index contributed by atoms with van der Waals surface area (Å²) in [4.78, 5) is 14.7. The van der Waals surface area contributed by atoms with E-state index in [4.69, 9.17) is 0 Å². The van der Waals surface area contributed by atoms with E-state index >= 15 is 0 Å². The maximum atomic E-state index is 12.5. The highest BCUT2D eigenvalue weighted by Crippen LogP contribution is 2.33. The van der Waals surface area contributed by atoms with Gasteiger partial charge in [0.15, 0.2) is 0 Å². The highest BCUT2D eigenvalue weighted by Gasteiger charge is 2.37. The Morgan fingerprint density at radius 3 is 2.41 bits per heavy atom. The summed E-state index contributed by atoms with van der Waals surface area (Å²) in [7, 11) is 0. The lowest BCUT2D eigenvalue weighted by Crippen LogP contribution is -2.44. The van der Waals surface area contributed by atoms with E-state index in [0.29, 0.717) is 23.9 Å². The molecule has 0 radical (unpaired) electrons. The normalized spacial score (nSPS) is 29.8. The van der Waals surface area contributed by atoms with Crippen molar-refractivity contribution in [1.82, 2.24) is 10.2 Å². The molecule has 1 heterocycles. The number of amides is 1. The summed E-state index contributed by atoms with van der Waals surface area (Å²) in [6.07, 6.45) is 9.81. The second kappa shape index (κ2) is 4.97. The number of hydrogen-bond donors (Lipinski definition) is 1. The number of nitrogens with zero attached hydrogens (tertiary/aromatic N) is 1. The van der Waals surface area contributed by atoms with Crippen LogP contribution in [0.25, 0.3) is 0 Å². The predicted octanol–water partition coefficient (Wildman–Crippen LogP) is 1.92. The van der Waals surface area contributed by atoms with E-state index in [2.05, 4.69) is 10.2 Å². The Hall–Kier alpha value is -0.570. The molecule has 1 unspecified atom stereocenters. The fraction of sp³-hybridized carbons (Fsp3) is 0.929. The largest absolute Gasteiger partial charge is 0.338 e. The van der Waals surface area contributed by atoms with Crippen LogP contribution in [0.15, 0.2) is 0 Å². The van der Waals surface area contributed by atoms with Gasteiger partial charge in [-0.05, 0) is 45.1 Å². The van der Waals surface area contributed by atoms with Crippen LogP contribution < -0.4 is 5.32 Å². The van der Waals surface area contributed by atoms with Crippen LogP contribution in [0.5, 0.6) is 0 Å². The van der Waals surface area contributed by atoms with Gasteiger partial charge in [0.25, 0.3) is 0 Å². The Morgan fingerprint density at radius 2 is 1.82 bits per heavy atom. The topological polar surface area (TPSA) is 32.3 Å². The minimum atomic E-state index is 0.358. The van der Waals surface area contributed by atoms with Crippen molar-refractivity contribution in [2.75, 3.05) is 13.1 Å². The van der Waals surface area contributed by atoms with Gasteiger partial charge in [-0.25, -0.2) is 0 Å². The third-order valence-corrected chi connectivity index (χ3v) is 4.55. The molecule has 0 aromatic heterocycles. The Balaban J connectivity index is 1.60. The van der Waals surface area contributed by atoms with Crippen molar-refractivity contribution in [3.05, 3.63) is 0 Å². The maximum Gasteiger partial charge on any atom is 0.225 e. The zero-order chi connectivity index (χ0) is 11.7. The lowest BCUT2D eigenvalue weighted by molar-refractivity contribution is -0.136. The minimum absolute atomic E-state index is 0.358. The fourth-order valence-electron chi connectivity index (χ4n) is 3.36. The van der Waals surface area contributed by atoms with Gasteiger partial charge >= 0.3 is 0 Å². The highest BCUT2D eigenvalue weighted by atomic mass is 16.2. The van der Waals surface area contributed by atoms with Crippen molar-refractivity contribution in [1.29, 1.82) is 0 Å². The van der Waals surface area contributed by atoms with E-state index in [0.717, 1.165) is 25.9 Å². The van der Waals surface area contributed by atoms with Crippen molar-refractivity contribution in [3.8, 4) is 0 Å². The summed E-state index contributed by atoms with van der Waals surface area (Å²) in [5, 5.41) is 3.52. The summed E-state index contributed by atoms with van der Waals surface area (Å²) in [5.41, 5.74) is 0. The van der Waals surface area contributed by atoms with Crippen molar-refractivity contribution >= 4 is 5.91 Å². The van der Waals surface area contributed by atoms with Gasteiger partial charge < -0.3 is 10.2 Å². The highest BCUT2D eigenvalue weighted by molar-refractivity contribution is 5.79. The average molecular weight is 236 g/mol. The molecule has 3 nitrogen and oxygen atoms in total. The van der Waals surface area contributed by atoms with E-state index in [-0.39, 0.29) is 0 Å². The second-order valence-corrected chi connectivity index (χ2v) is 6.00. The maximum absolute atomic E-state index is 12.5. The molecule has 1 aliphatic heterocycles. The summed E-state index contributed by atoms with van der Waals surface area (Å²) >= 11 is 0. The van der Waals surface area contributed by atoms with Crippen molar-refractivity contribution < 1.29 is 4.79 Å². The fourth-order valence-corrected chi connectivity index (χ4v) is 3.36. The van der Waals surface area contributed by atoms with Crippen LogP contribution in [0.4, 0.5) is 0 Å². The molecule has 1 atom stereocenters. The van der Waals surface area contributed by atoms with Gasteiger partial charge in [-0.2, -0.15) is 0 Å². The molecular weight excluding hydrogens is 212 g/mol. The molecule has 96 valence electrons. The van der Waals surface area contributed by atoms with Gasteiger partial charge in [-0.15, -0.1) is 0 Å². The zero-order valence-electron chi connectivity index (χ0n) is 10.7. The van der Waals surface area contributed by atoms with Crippen molar-refractivity contribution in [2.24, 2.45) is 5.92 Å². The van der Waals surface area contributed by atoms with Crippen LogP contribution in [0.2, 0.25) is 0 Å². The molecule has 3 aliphatic rings. The Morgan fingerprint density at radius 1 is 1.06 bits per heavy atom. The second-order valence-electron chi connectivity index (χ2n) is 6.00. The molecule has 0 aromatic carbocycles. The van der Waals surface area contributed by atoms with Gasteiger partial charge in [0, 0.05) is 24.5 Å². The molecule has 1 N–H and O–H groups in total. The molecule has 0 aromatic rings. The zero-order valence-corrected chi connectivity index (χ0v) is 10.7. The molecule has 0 bridgehead atoms. The first-order valence-electron chi connectivity index (χ1n) is 7.38. The minimum Gasteiger partial charge on any atom is -0.338 e. The molecule has 0 spiro atoms. The Kier molecular flexibility index (Phi) is 3.37. The molecule has 1 saturated heterocycles. The van der Waals surface area contributed by atoms with Gasteiger partial charge in [0.05, 0.1) is 0 Å². The summed E-state index contributed by atoms with van der Waals surface area (Å²) in [6, 6.07) is 1.16. The first-order valence-corrected chi connectivity index (χ1v) is 7.38. The van der Waals surface area contributed by atoms with E-state index in [1.54, 1.807) is 0 Å². The molecule has 3 heteroatoms. The first kappa shape index (κ1) is 11.5. The van der Waals surface area contributed by atoms with Crippen LogP contribution in [-0.4, -0.2) is 36.0 Å². The third-order valence-electron chi connectivity index (χ3n) is 4.55. The number of rotatable bonds is 4. The van der Waals surface area contributed by atoms with Gasteiger partial charge in [0.1, 0.15) is 0 Å². The Labute approximate surface area is 104 Å². The summed E-state index contributed by atoms with van der Waals surface area (Å²) in [6.45, 7) is 2.11. The third kappa shape index (κ3) is 2.65. The lowest BCUT2D eigenvalue weighted by Gasteiger charge is -2.28. The first-order chi connectivity index (χ1) is 8.34. The standard InChI is InChI=1S/C14H24N2O/c17-14(11-4-1-2-5-11)16(13-7-8-13)10-12-6-3-9-15-12/h11-13,15H,1-10H2. The monoisotopic (exact) mass is 236 g/mol. The van der Waals surface area contributed by atoms with E-state index in [1.807, 2.05) is 0 Å². The molecule has 1 amide bonds. The van der Waals surface area contributed by atoms with Crippen LogP contribution in [0.1, 0.15) is 51.4 Å². The summed E-state index contributed by atoms with van der Waals surface area (Å²) in [5.74, 6) is 0.829. The van der Waals surface area contributed by atoms with Crippen molar-refractivity contribution in [2.45, 2.75) is 63.5 Å². The number of nitrogens with one attached hydrogen (secondary N) is 1. The number of hydrogen-bond acceptors (Lipinski definition) is 2. The number of carbonyl (C=O) groups is 1.